The smallest absolute Gasteiger partial charge is 0.296 e. The topological polar surface area (TPSA) is 63.6 Å². The Hall–Kier alpha value is -1.17. The van der Waals surface area contributed by atoms with Gasteiger partial charge in [0.15, 0.2) is 0 Å². The van der Waals surface area contributed by atoms with Crippen molar-refractivity contribution in [2.24, 2.45) is 23.7 Å². The second-order valence-corrected chi connectivity index (χ2v) is 7.63. The maximum absolute atomic E-state index is 12.2. The molecule has 4 unspecified atom stereocenters. The highest BCUT2D eigenvalue weighted by Crippen LogP contribution is 2.47. The molecule has 114 valence electrons. The molecule has 0 amide bonds. The van der Waals surface area contributed by atoms with Gasteiger partial charge in [0.25, 0.3) is 10.1 Å². The molecule has 21 heavy (non-hydrogen) atoms. The highest BCUT2D eigenvalue weighted by Gasteiger charge is 2.44. The van der Waals surface area contributed by atoms with Gasteiger partial charge in [0, 0.05) is 6.61 Å². The van der Waals surface area contributed by atoms with E-state index in [1.807, 2.05) is 6.92 Å². The molecule has 0 radical (unpaired) electrons. The van der Waals surface area contributed by atoms with Crippen LogP contribution in [0.15, 0.2) is 41.3 Å². The van der Waals surface area contributed by atoms with E-state index in [1.54, 1.807) is 24.3 Å². The van der Waals surface area contributed by atoms with Gasteiger partial charge in [0.05, 0.1) is 11.5 Å². The first-order valence-corrected chi connectivity index (χ1v) is 8.67. The van der Waals surface area contributed by atoms with Crippen LogP contribution in [-0.2, 0) is 14.3 Å². The van der Waals surface area contributed by atoms with Crippen LogP contribution in [0.25, 0.3) is 0 Å². The van der Waals surface area contributed by atoms with Crippen LogP contribution in [0.3, 0.4) is 0 Å². The second kappa shape index (κ2) is 5.55. The average molecular weight is 308 g/mol. The highest BCUT2D eigenvalue weighted by atomic mass is 32.2. The number of aliphatic hydroxyl groups is 1. The van der Waals surface area contributed by atoms with Gasteiger partial charge in [0.2, 0.25) is 0 Å². The molecule has 1 aromatic carbocycles. The zero-order valence-corrected chi connectivity index (χ0v) is 12.8. The van der Waals surface area contributed by atoms with Gasteiger partial charge in [-0.2, -0.15) is 8.42 Å². The van der Waals surface area contributed by atoms with Gasteiger partial charge in [0.1, 0.15) is 0 Å². The summed E-state index contributed by atoms with van der Waals surface area (Å²) in [6.07, 6.45) is 5.27. The number of benzene rings is 1. The van der Waals surface area contributed by atoms with Crippen LogP contribution in [0.4, 0.5) is 0 Å². The van der Waals surface area contributed by atoms with Crippen molar-refractivity contribution in [3.63, 3.8) is 0 Å². The van der Waals surface area contributed by atoms with E-state index < -0.39 is 10.1 Å². The molecule has 0 heterocycles. The molecule has 0 aromatic heterocycles. The SMILES string of the molecule is Cc1ccc(S(=O)(=O)OCC2C3C=CC(C3)C2CO)cc1. The number of allylic oxidation sites excluding steroid dienone is 2. The number of hydrogen-bond donors (Lipinski definition) is 1. The van der Waals surface area contributed by atoms with E-state index in [2.05, 4.69) is 12.2 Å². The Bertz CT molecular complexity index is 633. The van der Waals surface area contributed by atoms with Crippen LogP contribution in [0.2, 0.25) is 0 Å². The molecule has 4 nitrogen and oxygen atoms in total. The quantitative estimate of drug-likeness (QED) is 0.668. The lowest BCUT2D eigenvalue weighted by atomic mass is 9.84. The van der Waals surface area contributed by atoms with E-state index in [9.17, 15) is 13.5 Å². The number of fused-ring (bicyclic) bond motifs is 2. The first-order valence-electron chi connectivity index (χ1n) is 7.26. The normalized spacial score (nSPS) is 31.0. The fourth-order valence-electron chi connectivity index (χ4n) is 3.49. The average Bonchev–Trinajstić information content (AvgIpc) is 3.06. The zero-order valence-electron chi connectivity index (χ0n) is 12.0. The molecule has 2 aliphatic carbocycles. The Morgan fingerprint density at radius 1 is 1.14 bits per heavy atom. The molecule has 1 fully saturated rings. The lowest BCUT2D eigenvalue weighted by Crippen LogP contribution is -2.28. The van der Waals surface area contributed by atoms with E-state index in [4.69, 9.17) is 4.18 Å². The fraction of sp³-hybridized carbons (Fsp3) is 0.500. The molecular formula is C16H20O4S. The van der Waals surface area contributed by atoms with E-state index in [1.165, 1.54) is 0 Å². The number of aryl methyl sites for hydroxylation is 1. The largest absolute Gasteiger partial charge is 0.396 e. The molecule has 0 aliphatic heterocycles. The van der Waals surface area contributed by atoms with E-state index >= 15 is 0 Å². The summed E-state index contributed by atoms with van der Waals surface area (Å²) in [4.78, 5) is 0.187. The molecule has 1 saturated carbocycles. The van der Waals surface area contributed by atoms with Crippen LogP contribution in [0.5, 0.6) is 0 Å². The Morgan fingerprint density at radius 2 is 1.76 bits per heavy atom. The first kappa shape index (κ1) is 14.8. The second-order valence-electron chi connectivity index (χ2n) is 6.01. The molecule has 3 rings (SSSR count). The van der Waals surface area contributed by atoms with Crippen molar-refractivity contribution in [3.8, 4) is 0 Å². The Morgan fingerprint density at radius 3 is 2.38 bits per heavy atom. The van der Waals surface area contributed by atoms with Crippen molar-refractivity contribution in [2.75, 3.05) is 13.2 Å². The molecule has 0 saturated heterocycles. The molecule has 2 aliphatic rings. The van der Waals surface area contributed by atoms with Crippen LogP contribution in [-0.4, -0.2) is 26.7 Å². The molecule has 5 heteroatoms. The van der Waals surface area contributed by atoms with Crippen LogP contribution in [0, 0.1) is 30.6 Å². The fourth-order valence-corrected chi connectivity index (χ4v) is 4.43. The lowest BCUT2D eigenvalue weighted by Gasteiger charge is -2.25. The summed E-state index contributed by atoms with van der Waals surface area (Å²) in [6, 6.07) is 6.64. The van der Waals surface area contributed by atoms with Crippen molar-refractivity contribution in [1.82, 2.24) is 0 Å². The number of aliphatic hydroxyl groups excluding tert-OH is 1. The maximum atomic E-state index is 12.2. The van der Waals surface area contributed by atoms with Gasteiger partial charge in [-0.1, -0.05) is 29.8 Å². The molecule has 0 spiro atoms. The van der Waals surface area contributed by atoms with Crippen molar-refractivity contribution in [1.29, 1.82) is 0 Å². The Kier molecular flexibility index (Phi) is 3.90. The van der Waals surface area contributed by atoms with E-state index in [-0.39, 0.29) is 29.9 Å². The minimum atomic E-state index is -3.72. The van der Waals surface area contributed by atoms with Crippen molar-refractivity contribution < 1.29 is 17.7 Å². The van der Waals surface area contributed by atoms with Crippen molar-refractivity contribution in [2.45, 2.75) is 18.2 Å². The summed E-state index contributed by atoms with van der Waals surface area (Å²) in [7, 11) is -3.72. The zero-order chi connectivity index (χ0) is 15.0. The standard InChI is InChI=1S/C16H20O4S/c1-11-2-6-14(7-3-11)21(18,19)20-10-16-13-5-4-12(8-13)15(16)9-17/h2-7,12-13,15-17H,8-10H2,1H3. The highest BCUT2D eigenvalue weighted by molar-refractivity contribution is 7.86. The molecule has 2 bridgehead atoms. The van der Waals surface area contributed by atoms with Crippen LogP contribution >= 0.6 is 0 Å². The van der Waals surface area contributed by atoms with Crippen molar-refractivity contribution in [3.05, 3.63) is 42.0 Å². The minimum Gasteiger partial charge on any atom is -0.396 e. The summed E-state index contributed by atoms with van der Waals surface area (Å²) in [5, 5.41) is 9.50. The van der Waals surface area contributed by atoms with E-state index in [0.717, 1.165) is 12.0 Å². The Labute approximate surface area is 125 Å². The monoisotopic (exact) mass is 308 g/mol. The van der Waals surface area contributed by atoms with Crippen molar-refractivity contribution >= 4 is 10.1 Å². The van der Waals surface area contributed by atoms with Gasteiger partial charge in [-0.05, 0) is 49.1 Å². The summed E-state index contributed by atoms with van der Waals surface area (Å²) in [5.41, 5.74) is 1.01. The van der Waals surface area contributed by atoms with Crippen LogP contribution < -0.4 is 0 Å². The predicted octanol–water partition coefficient (Wildman–Crippen LogP) is 2.13. The van der Waals surface area contributed by atoms with Gasteiger partial charge >= 0.3 is 0 Å². The summed E-state index contributed by atoms with van der Waals surface area (Å²) < 4.78 is 29.6. The summed E-state index contributed by atoms with van der Waals surface area (Å²) in [5.74, 6) is 0.912. The third kappa shape index (κ3) is 2.78. The third-order valence-electron chi connectivity index (χ3n) is 4.74. The third-order valence-corrected chi connectivity index (χ3v) is 6.03. The molecule has 1 aromatic rings. The van der Waals surface area contributed by atoms with Gasteiger partial charge < -0.3 is 5.11 Å². The predicted molar refractivity (Wildman–Crippen MR) is 79.1 cm³/mol. The number of rotatable bonds is 5. The van der Waals surface area contributed by atoms with Gasteiger partial charge in [-0.15, -0.1) is 0 Å². The minimum absolute atomic E-state index is 0.0874. The van der Waals surface area contributed by atoms with Gasteiger partial charge in [-0.3, -0.25) is 4.18 Å². The first-order chi connectivity index (χ1) is 10.0. The Balaban J connectivity index is 1.69. The lowest BCUT2D eigenvalue weighted by molar-refractivity contribution is 0.125. The van der Waals surface area contributed by atoms with E-state index in [0.29, 0.717) is 11.8 Å². The summed E-state index contributed by atoms with van der Waals surface area (Å²) in [6.45, 7) is 2.14. The molecule has 1 N–H and O–H groups in total. The van der Waals surface area contributed by atoms with Crippen LogP contribution in [0.1, 0.15) is 12.0 Å². The maximum Gasteiger partial charge on any atom is 0.296 e. The molecular weight excluding hydrogens is 288 g/mol. The molecule has 4 atom stereocenters. The summed E-state index contributed by atoms with van der Waals surface area (Å²) >= 11 is 0. The van der Waals surface area contributed by atoms with Gasteiger partial charge in [-0.25, -0.2) is 0 Å². The number of hydrogen-bond acceptors (Lipinski definition) is 4.